The fraction of sp³-hybridized carbons (Fsp3) is 0.909. The molecule has 80 valence electrons. The molecule has 0 radical (unpaired) electrons. The van der Waals surface area contributed by atoms with E-state index in [1.165, 1.54) is 0 Å². The molecule has 14 heavy (non-hydrogen) atoms. The summed E-state index contributed by atoms with van der Waals surface area (Å²) in [5, 5.41) is 0. The Morgan fingerprint density at radius 2 is 2.14 bits per heavy atom. The minimum atomic E-state index is -0.0987. The highest BCUT2D eigenvalue weighted by atomic mass is 16.6. The molecule has 0 aromatic heterocycles. The van der Waals surface area contributed by atoms with Crippen molar-refractivity contribution in [1.29, 1.82) is 0 Å². The Morgan fingerprint density at radius 3 is 2.64 bits per heavy atom. The zero-order valence-electron chi connectivity index (χ0n) is 9.03. The molecule has 0 aromatic rings. The van der Waals surface area contributed by atoms with E-state index in [1.54, 1.807) is 0 Å². The third kappa shape index (κ3) is 1.65. The first-order valence-corrected chi connectivity index (χ1v) is 5.44. The van der Waals surface area contributed by atoms with E-state index in [0.29, 0.717) is 12.0 Å². The molecule has 3 heteroatoms. The summed E-state index contributed by atoms with van der Waals surface area (Å²) in [6, 6.07) is 0. The molecule has 3 nitrogen and oxygen atoms in total. The fourth-order valence-electron chi connectivity index (χ4n) is 2.36. The highest BCUT2D eigenvalue weighted by Gasteiger charge is 2.47. The molecule has 4 unspecified atom stereocenters. The number of carbonyl (C=O) groups is 1. The van der Waals surface area contributed by atoms with Crippen LogP contribution in [0, 0.1) is 11.8 Å². The van der Waals surface area contributed by atoms with Crippen LogP contribution in [0.25, 0.3) is 0 Å². The molecule has 2 aliphatic rings. The first kappa shape index (κ1) is 9.97. The van der Waals surface area contributed by atoms with Gasteiger partial charge in [-0.3, -0.25) is 4.79 Å². The second-order valence-corrected chi connectivity index (χ2v) is 4.80. The van der Waals surface area contributed by atoms with Gasteiger partial charge < -0.3 is 9.47 Å². The summed E-state index contributed by atoms with van der Waals surface area (Å²) in [5.74, 6) is 0.404. The Kier molecular flexibility index (Phi) is 2.52. The highest BCUT2D eigenvalue weighted by molar-refractivity contribution is 5.71. The molecular formula is C11H18O3. The van der Waals surface area contributed by atoms with Gasteiger partial charge >= 0.3 is 5.97 Å². The Balaban J connectivity index is 1.92. The lowest BCUT2D eigenvalue weighted by Crippen LogP contribution is -2.34. The van der Waals surface area contributed by atoms with Gasteiger partial charge in [-0.2, -0.15) is 0 Å². The van der Waals surface area contributed by atoms with Gasteiger partial charge in [0.2, 0.25) is 0 Å². The summed E-state index contributed by atoms with van der Waals surface area (Å²) in [6.45, 7) is 5.89. The van der Waals surface area contributed by atoms with E-state index >= 15 is 0 Å². The van der Waals surface area contributed by atoms with Crippen molar-refractivity contribution in [1.82, 2.24) is 0 Å². The van der Waals surface area contributed by atoms with Crippen LogP contribution in [0.4, 0.5) is 0 Å². The van der Waals surface area contributed by atoms with E-state index in [4.69, 9.17) is 9.47 Å². The van der Waals surface area contributed by atoms with Gasteiger partial charge in [0.1, 0.15) is 6.10 Å². The minimum absolute atomic E-state index is 0.0126. The van der Waals surface area contributed by atoms with Crippen molar-refractivity contribution in [2.75, 3.05) is 0 Å². The number of esters is 1. The molecule has 0 N–H and O–H groups in total. The average Bonchev–Trinajstić information content (AvgIpc) is 2.61. The van der Waals surface area contributed by atoms with Gasteiger partial charge in [-0.25, -0.2) is 0 Å². The number of fused-ring (bicyclic) bond motifs is 2. The van der Waals surface area contributed by atoms with Crippen LogP contribution in [0.1, 0.15) is 33.6 Å². The summed E-state index contributed by atoms with van der Waals surface area (Å²) in [4.78, 5) is 11.4. The molecule has 2 rings (SSSR count). The molecule has 0 amide bonds. The third-order valence-corrected chi connectivity index (χ3v) is 3.15. The predicted molar refractivity (Wildman–Crippen MR) is 51.8 cm³/mol. The third-order valence-electron chi connectivity index (χ3n) is 3.15. The van der Waals surface area contributed by atoms with Gasteiger partial charge in [-0.1, -0.05) is 20.8 Å². The average molecular weight is 198 g/mol. The maximum atomic E-state index is 11.4. The molecular weight excluding hydrogens is 180 g/mol. The Hall–Kier alpha value is -0.570. The Morgan fingerprint density at radius 1 is 1.43 bits per heavy atom. The van der Waals surface area contributed by atoms with Crippen LogP contribution in [0.2, 0.25) is 0 Å². The summed E-state index contributed by atoms with van der Waals surface area (Å²) in [6.07, 6.45) is 2.52. The van der Waals surface area contributed by atoms with Crippen LogP contribution in [-0.2, 0) is 14.3 Å². The van der Waals surface area contributed by atoms with E-state index in [1.807, 2.05) is 13.8 Å². The largest absolute Gasteiger partial charge is 0.459 e. The molecule has 0 aliphatic carbocycles. The minimum Gasteiger partial charge on any atom is -0.459 e. The second-order valence-electron chi connectivity index (χ2n) is 4.80. The van der Waals surface area contributed by atoms with Crippen LogP contribution in [0.15, 0.2) is 0 Å². The Labute approximate surface area is 84.8 Å². The van der Waals surface area contributed by atoms with E-state index in [0.717, 1.165) is 12.8 Å². The van der Waals surface area contributed by atoms with Gasteiger partial charge in [0, 0.05) is 6.42 Å². The molecule has 2 fully saturated rings. The van der Waals surface area contributed by atoms with E-state index < -0.39 is 0 Å². The number of hydrogen-bond donors (Lipinski definition) is 0. The summed E-state index contributed by atoms with van der Waals surface area (Å²) >= 11 is 0. The first-order chi connectivity index (χ1) is 6.58. The normalized spacial score (nSPS) is 40.6. The predicted octanol–water partition coefficient (Wildman–Crippen LogP) is 1.75. The van der Waals surface area contributed by atoms with E-state index in [2.05, 4.69) is 6.92 Å². The van der Waals surface area contributed by atoms with Crippen LogP contribution in [0.3, 0.4) is 0 Å². The molecule has 4 atom stereocenters. The zero-order chi connectivity index (χ0) is 10.3. The van der Waals surface area contributed by atoms with Gasteiger partial charge in [0.25, 0.3) is 0 Å². The van der Waals surface area contributed by atoms with E-state index in [9.17, 15) is 4.79 Å². The molecule has 0 saturated carbocycles. The van der Waals surface area contributed by atoms with Crippen molar-refractivity contribution in [3.8, 4) is 0 Å². The fourth-order valence-corrected chi connectivity index (χ4v) is 2.36. The van der Waals surface area contributed by atoms with Crippen molar-refractivity contribution < 1.29 is 14.3 Å². The molecule has 0 aromatic carbocycles. The van der Waals surface area contributed by atoms with Crippen molar-refractivity contribution in [3.63, 3.8) is 0 Å². The van der Waals surface area contributed by atoms with E-state index in [-0.39, 0.29) is 24.1 Å². The van der Waals surface area contributed by atoms with Gasteiger partial charge in [0.05, 0.1) is 18.1 Å². The smallest absolute Gasteiger partial charge is 0.308 e. The van der Waals surface area contributed by atoms with Crippen molar-refractivity contribution in [2.45, 2.75) is 51.9 Å². The molecule has 2 bridgehead atoms. The molecule has 2 saturated heterocycles. The molecule has 2 heterocycles. The summed E-state index contributed by atoms with van der Waals surface area (Å²) in [5.41, 5.74) is 0. The summed E-state index contributed by atoms with van der Waals surface area (Å²) < 4.78 is 11.1. The van der Waals surface area contributed by atoms with Crippen LogP contribution < -0.4 is 0 Å². The lowest BCUT2D eigenvalue weighted by Gasteiger charge is -2.24. The van der Waals surface area contributed by atoms with Crippen LogP contribution in [-0.4, -0.2) is 24.3 Å². The van der Waals surface area contributed by atoms with Gasteiger partial charge in [-0.05, 0) is 12.3 Å². The SMILES string of the molecule is CC(C)C(=O)OC1CC2CC(C)C1O2. The van der Waals surface area contributed by atoms with Crippen LogP contribution >= 0.6 is 0 Å². The number of carbonyl (C=O) groups excluding carboxylic acids is 1. The monoisotopic (exact) mass is 198 g/mol. The topological polar surface area (TPSA) is 35.5 Å². The lowest BCUT2D eigenvalue weighted by molar-refractivity contribution is -0.156. The Bertz CT molecular complexity index is 237. The molecule has 0 spiro atoms. The standard InChI is InChI=1S/C11H18O3/c1-6(2)11(12)14-9-5-8-4-7(3)10(9)13-8/h6-10H,4-5H2,1-3H3. The lowest BCUT2D eigenvalue weighted by atomic mass is 9.88. The van der Waals surface area contributed by atoms with Crippen molar-refractivity contribution >= 4 is 5.97 Å². The number of rotatable bonds is 2. The highest BCUT2D eigenvalue weighted by Crippen LogP contribution is 2.40. The maximum absolute atomic E-state index is 11.4. The quantitative estimate of drug-likeness (QED) is 0.634. The zero-order valence-corrected chi connectivity index (χ0v) is 9.03. The van der Waals surface area contributed by atoms with Gasteiger partial charge in [-0.15, -0.1) is 0 Å². The number of hydrogen-bond acceptors (Lipinski definition) is 3. The first-order valence-electron chi connectivity index (χ1n) is 5.44. The van der Waals surface area contributed by atoms with Crippen molar-refractivity contribution in [2.24, 2.45) is 11.8 Å². The van der Waals surface area contributed by atoms with Gasteiger partial charge in [0.15, 0.2) is 0 Å². The molecule has 2 aliphatic heterocycles. The van der Waals surface area contributed by atoms with Crippen molar-refractivity contribution in [3.05, 3.63) is 0 Å². The second kappa shape index (κ2) is 3.54. The summed E-state index contributed by atoms with van der Waals surface area (Å²) in [7, 11) is 0. The number of ether oxygens (including phenoxy) is 2. The maximum Gasteiger partial charge on any atom is 0.308 e. The van der Waals surface area contributed by atoms with Crippen LogP contribution in [0.5, 0.6) is 0 Å².